The largest absolute Gasteiger partial charge is 0.493 e. The third-order valence-electron chi connectivity index (χ3n) is 1.68. The summed E-state index contributed by atoms with van der Waals surface area (Å²) in [6.45, 7) is 0.220. The minimum Gasteiger partial charge on any atom is -0.493 e. The van der Waals surface area contributed by atoms with Crippen LogP contribution in [0.4, 0.5) is 13.2 Å². The number of alkyl halides is 3. The van der Waals surface area contributed by atoms with Crippen LogP contribution in [-0.4, -0.2) is 6.61 Å². The van der Waals surface area contributed by atoms with Crippen molar-refractivity contribution in [3.63, 3.8) is 0 Å². The van der Waals surface area contributed by atoms with Gasteiger partial charge in [-0.05, 0) is 18.2 Å². The lowest BCUT2D eigenvalue weighted by molar-refractivity contribution is -0.137. The fourth-order valence-corrected chi connectivity index (χ4v) is 0.990. The maximum atomic E-state index is 12.3. The molecule has 1 rings (SSSR count). The normalized spacial score (nSPS) is 10.8. The van der Waals surface area contributed by atoms with Crippen LogP contribution < -0.4 is 4.74 Å². The molecular formula is C11H9F3O. The number of halogens is 3. The van der Waals surface area contributed by atoms with Crippen molar-refractivity contribution in [2.75, 3.05) is 6.61 Å². The highest BCUT2D eigenvalue weighted by Gasteiger charge is 2.30. The zero-order valence-corrected chi connectivity index (χ0v) is 7.84. The van der Waals surface area contributed by atoms with E-state index < -0.39 is 11.7 Å². The second-order valence-corrected chi connectivity index (χ2v) is 2.83. The summed E-state index contributed by atoms with van der Waals surface area (Å²) in [5.74, 6) is 2.52. The van der Waals surface area contributed by atoms with Crippen molar-refractivity contribution in [1.82, 2.24) is 0 Å². The number of benzene rings is 1. The molecule has 0 saturated carbocycles. The minimum absolute atomic E-state index is 0.181. The number of ether oxygens (including phenoxy) is 1. The van der Waals surface area contributed by atoms with Crippen molar-refractivity contribution in [1.29, 1.82) is 0 Å². The average Bonchev–Trinajstić information content (AvgIpc) is 2.17. The average molecular weight is 214 g/mol. The highest BCUT2D eigenvalue weighted by molar-refractivity contribution is 5.30. The Morgan fingerprint density at radius 3 is 2.67 bits per heavy atom. The van der Waals surface area contributed by atoms with Crippen LogP contribution >= 0.6 is 0 Å². The van der Waals surface area contributed by atoms with Crippen LogP contribution in [0.3, 0.4) is 0 Å². The summed E-state index contributed by atoms with van der Waals surface area (Å²) in [6, 6.07) is 4.71. The van der Waals surface area contributed by atoms with E-state index >= 15 is 0 Å². The molecule has 0 spiro atoms. The molecule has 0 saturated heterocycles. The van der Waals surface area contributed by atoms with Gasteiger partial charge >= 0.3 is 6.18 Å². The summed E-state index contributed by atoms with van der Waals surface area (Å²) < 4.78 is 41.8. The zero-order valence-electron chi connectivity index (χ0n) is 7.84. The van der Waals surface area contributed by atoms with Gasteiger partial charge in [0.15, 0.2) is 0 Å². The molecule has 0 atom stereocenters. The fraction of sp³-hybridized carbons (Fsp3) is 0.273. The van der Waals surface area contributed by atoms with Crippen molar-refractivity contribution in [2.45, 2.75) is 12.6 Å². The predicted molar refractivity (Wildman–Crippen MR) is 50.4 cm³/mol. The van der Waals surface area contributed by atoms with Crippen LogP contribution in [0.15, 0.2) is 24.3 Å². The minimum atomic E-state index is -4.34. The molecule has 1 nitrogen and oxygen atoms in total. The first kappa shape index (κ1) is 11.4. The molecule has 0 amide bonds. The lowest BCUT2D eigenvalue weighted by Crippen LogP contribution is -2.05. The Labute approximate surface area is 85.9 Å². The molecule has 0 aliphatic rings. The van der Waals surface area contributed by atoms with Gasteiger partial charge in [0.05, 0.1) is 12.2 Å². The Morgan fingerprint density at radius 1 is 1.33 bits per heavy atom. The van der Waals surface area contributed by atoms with Gasteiger partial charge in [0.2, 0.25) is 0 Å². The van der Waals surface area contributed by atoms with Crippen molar-refractivity contribution in [3.05, 3.63) is 29.8 Å². The molecule has 0 bridgehead atoms. The Morgan fingerprint density at radius 2 is 2.07 bits per heavy atom. The van der Waals surface area contributed by atoms with Crippen LogP contribution in [0.5, 0.6) is 5.75 Å². The molecule has 0 aliphatic carbocycles. The van der Waals surface area contributed by atoms with Crippen molar-refractivity contribution >= 4 is 0 Å². The van der Waals surface area contributed by atoms with E-state index in [1.165, 1.54) is 12.1 Å². The first-order chi connectivity index (χ1) is 7.04. The number of rotatable bonds is 3. The van der Waals surface area contributed by atoms with Gasteiger partial charge in [-0.25, -0.2) is 0 Å². The number of hydrogen-bond acceptors (Lipinski definition) is 1. The van der Waals surface area contributed by atoms with Gasteiger partial charge in [-0.1, -0.05) is 6.07 Å². The summed E-state index contributed by atoms with van der Waals surface area (Å²) >= 11 is 0. The van der Waals surface area contributed by atoms with Crippen molar-refractivity contribution < 1.29 is 17.9 Å². The van der Waals surface area contributed by atoms with E-state index in [1.807, 2.05) is 0 Å². The summed E-state index contributed by atoms with van der Waals surface area (Å²) in [4.78, 5) is 0. The summed E-state index contributed by atoms with van der Waals surface area (Å²) in [5, 5.41) is 0. The van der Waals surface area contributed by atoms with Gasteiger partial charge in [-0.2, -0.15) is 13.2 Å². The van der Waals surface area contributed by atoms with Gasteiger partial charge in [0, 0.05) is 6.42 Å². The van der Waals surface area contributed by atoms with Crippen LogP contribution in [0, 0.1) is 12.3 Å². The van der Waals surface area contributed by atoms with E-state index in [-0.39, 0.29) is 12.4 Å². The van der Waals surface area contributed by atoms with Crippen molar-refractivity contribution in [3.8, 4) is 18.1 Å². The summed E-state index contributed by atoms with van der Waals surface area (Å²) in [6.07, 6.45) is 1.01. The smallest absolute Gasteiger partial charge is 0.416 e. The fourth-order valence-electron chi connectivity index (χ4n) is 0.990. The van der Waals surface area contributed by atoms with Crippen molar-refractivity contribution in [2.24, 2.45) is 0 Å². The quantitative estimate of drug-likeness (QED) is 0.555. The number of hydrogen-bond donors (Lipinski definition) is 0. The van der Waals surface area contributed by atoms with Crippen LogP contribution in [0.2, 0.25) is 0 Å². The van der Waals surface area contributed by atoms with Gasteiger partial charge < -0.3 is 4.74 Å². The third-order valence-corrected chi connectivity index (χ3v) is 1.68. The molecule has 0 aromatic heterocycles. The van der Waals surface area contributed by atoms with Crippen LogP contribution in [-0.2, 0) is 6.18 Å². The molecule has 1 aromatic carbocycles. The standard InChI is InChI=1S/C11H9F3O/c1-2-3-7-15-10-6-4-5-9(8-10)11(12,13)14/h1,4-6,8H,3,7H2. The van der Waals surface area contributed by atoms with E-state index in [0.29, 0.717) is 6.42 Å². The zero-order chi connectivity index (χ0) is 11.3. The van der Waals surface area contributed by atoms with E-state index in [1.54, 1.807) is 0 Å². The maximum absolute atomic E-state index is 12.3. The molecule has 1 aromatic rings. The Kier molecular flexibility index (Phi) is 3.62. The van der Waals surface area contributed by atoms with E-state index in [0.717, 1.165) is 12.1 Å². The van der Waals surface area contributed by atoms with Crippen LogP contribution in [0.25, 0.3) is 0 Å². The lowest BCUT2D eigenvalue weighted by Gasteiger charge is -2.09. The predicted octanol–water partition coefficient (Wildman–Crippen LogP) is 3.11. The second-order valence-electron chi connectivity index (χ2n) is 2.83. The Balaban J connectivity index is 2.71. The molecule has 0 radical (unpaired) electrons. The molecule has 0 heterocycles. The molecule has 0 N–H and O–H groups in total. The summed E-state index contributed by atoms with van der Waals surface area (Å²) in [7, 11) is 0. The first-order valence-corrected chi connectivity index (χ1v) is 4.27. The van der Waals surface area contributed by atoms with Gasteiger partial charge in [-0.15, -0.1) is 12.3 Å². The molecule has 0 fully saturated rings. The van der Waals surface area contributed by atoms with E-state index in [2.05, 4.69) is 5.92 Å². The van der Waals surface area contributed by atoms with Gasteiger partial charge in [0.25, 0.3) is 0 Å². The molecule has 0 unspecified atom stereocenters. The molecule has 4 heteroatoms. The lowest BCUT2D eigenvalue weighted by atomic mass is 10.2. The highest BCUT2D eigenvalue weighted by atomic mass is 19.4. The molecular weight excluding hydrogens is 205 g/mol. The van der Waals surface area contributed by atoms with E-state index in [4.69, 9.17) is 11.2 Å². The molecule has 15 heavy (non-hydrogen) atoms. The van der Waals surface area contributed by atoms with E-state index in [9.17, 15) is 13.2 Å². The maximum Gasteiger partial charge on any atom is 0.416 e. The SMILES string of the molecule is C#CCCOc1cccc(C(F)(F)F)c1. The Bertz CT molecular complexity index is 363. The highest BCUT2D eigenvalue weighted by Crippen LogP contribution is 2.31. The van der Waals surface area contributed by atoms with Gasteiger partial charge in [0.1, 0.15) is 5.75 Å². The van der Waals surface area contributed by atoms with Crippen LogP contribution in [0.1, 0.15) is 12.0 Å². The number of terminal acetylenes is 1. The topological polar surface area (TPSA) is 9.23 Å². The third kappa shape index (κ3) is 3.55. The monoisotopic (exact) mass is 214 g/mol. The molecule has 0 aliphatic heterocycles. The summed E-state index contributed by atoms with van der Waals surface area (Å²) in [5.41, 5.74) is -0.722. The van der Waals surface area contributed by atoms with Gasteiger partial charge in [-0.3, -0.25) is 0 Å². The first-order valence-electron chi connectivity index (χ1n) is 4.27. The molecule has 80 valence electrons. The second kappa shape index (κ2) is 4.74. The Hall–Kier alpha value is -1.63.